The van der Waals surface area contributed by atoms with Gasteiger partial charge in [0, 0.05) is 16.3 Å². The highest BCUT2D eigenvalue weighted by molar-refractivity contribution is 6.31. The summed E-state index contributed by atoms with van der Waals surface area (Å²) in [5, 5.41) is 16.9. The fourth-order valence-electron chi connectivity index (χ4n) is 3.14. The second-order valence-electron chi connectivity index (χ2n) is 7.02. The summed E-state index contributed by atoms with van der Waals surface area (Å²) in [5.74, 6) is -1.66. The molecule has 0 radical (unpaired) electrons. The summed E-state index contributed by atoms with van der Waals surface area (Å²) in [6.07, 6.45) is -0.671. The minimum absolute atomic E-state index is 0.101. The van der Waals surface area contributed by atoms with Crippen molar-refractivity contribution in [2.45, 2.75) is 6.61 Å². The van der Waals surface area contributed by atoms with Gasteiger partial charge in [-0.05, 0) is 54.1 Å². The first-order valence-corrected chi connectivity index (χ1v) is 10.1. The fraction of sp³-hybridized carbons (Fsp3) is 0.0417. The number of nitrogens with zero attached hydrogens (tertiary/aromatic N) is 2. The molecule has 0 aliphatic carbocycles. The number of carboxylic acids is 1. The molecule has 1 aromatic heterocycles. The Morgan fingerprint density at radius 2 is 1.76 bits per heavy atom. The maximum Gasteiger partial charge on any atom is 0.411 e. The van der Waals surface area contributed by atoms with Gasteiger partial charge >= 0.3 is 12.1 Å². The highest BCUT2D eigenvalue weighted by atomic mass is 35.5. The molecule has 0 unspecified atom stereocenters. The maximum absolute atomic E-state index is 13.3. The number of carbonyl (C=O) groups is 2. The van der Waals surface area contributed by atoms with Gasteiger partial charge in [0.15, 0.2) is 5.69 Å². The second-order valence-corrected chi connectivity index (χ2v) is 7.46. The number of carboxylic acid groups (broad SMARTS) is 1. The van der Waals surface area contributed by atoms with Gasteiger partial charge in [-0.2, -0.15) is 5.10 Å². The molecule has 0 saturated carbocycles. The largest absolute Gasteiger partial charge is 0.477 e. The highest BCUT2D eigenvalue weighted by Crippen LogP contribution is 2.28. The Morgan fingerprint density at radius 1 is 1.03 bits per heavy atom. The van der Waals surface area contributed by atoms with Gasteiger partial charge in [0.05, 0.1) is 11.4 Å². The second kappa shape index (κ2) is 9.54. The molecule has 4 aromatic rings. The minimum Gasteiger partial charge on any atom is -0.477 e. The molecule has 2 N–H and O–H groups in total. The lowest BCUT2D eigenvalue weighted by Crippen LogP contribution is -2.13. The number of aromatic nitrogens is 2. The molecule has 4 rings (SSSR count). The number of ether oxygens (including phenoxy) is 1. The van der Waals surface area contributed by atoms with Crippen LogP contribution < -0.4 is 5.32 Å². The average Bonchev–Trinajstić information content (AvgIpc) is 3.25. The van der Waals surface area contributed by atoms with Gasteiger partial charge in [0.1, 0.15) is 12.4 Å². The number of anilines is 1. The summed E-state index contributed by atoms with van der Waals surface area (Å²) in [7, 11) is 0. The third-order valence-electron chi connectivity index (χ3n) is 4.65. The Morgan fingerprint density at radius 3 is 2.45 bits per heavy atom. The van der Waals surface area contributed by atoms with Crippen LogP contribution in [0.4, 0.5) is 14.9 Å². The van der Waals surface area contributed by atoms with Crippen molar-refractivity contribution in [1.29, 1.82) is 0 Å². The molecule has 166 valence electrons. The van der Waals surface area contributed by atoms with Crippen LogP contribution in [0.1, 0.15) is 16.1 Å². The zero-order chi connectivity index (χ0) is 23.4. The van der Waals surface area contributed by atoms with Crippen molar-refractivity contribution in [2.24, 2.45) is 0 Å². The minimum atomic E-state index is -1.21. The molecule has 3 aromatic carbocycles. The predicted molar refractivity (Wildman–Crippen MR) is 121 cm³/mol. The lowest BCUT2D eigenvalue weighted by Gasteiger charge is -2.09. The van der Waals surface area contributed by atoms with Crippen LogP contribution in [-0.4, -0.2) is 26.9 Å². The zero-order valence-corrected chi connectivity index (χ0v) is 17.8. The lowest BCUT2D eigenvalue weighted by atomic mass is 10.1. The van der Waals surface area contributed by atoms with E-state index in [1.54, 1.807) is 12.1 Å². The number of amides is 1. The zero-order valence-electron chi connectivity index (χ0n) is 17.0. The summed E-state index contributed by atoms with van der Waals surface area (Å²) >= 11 is 6.22. The molecule has 33 heavy (non-hydrogen) atoms. The Bertz CT molecular complexity index is 1310. The van der Waals surface area contributed by atoms with E-state index >= 15 is 0 Å². The molecule has 0 bridgehead atoms. The van der Waals surface area contributed by atoms with Gasteiger partial charge in [-0.3, -0.25) is 5.32 Å². The van der Waals surface area contributed by atoms with E-state index in [4.69, 9.17) is 16.3 Å². The average molecular weight is 466 g/mol. The van der Waals surface area contributed by atoms with Crippen molar-refractivity contribution >= 4 is 29.4 Å². The molecule has 9 heteroatoms. The van der Waals surface area contributed by atoms with E-state index in [1.165, 1.54) is 41.1 Å². The van der Waals surface area contributed by atoms with E-state index < -0.39 is 17.9 Å². The number of rotatable bonds is 6. The molecule has 1 amide bonds. The van der Waals surface area contributed by atoms with Crippen molar-refractivity contribution in [2.75, 3.05) is 5.32 Å². The molecule has 0 aliphatic heterocycles. The summed E-state index contributed by atoms with van der Waals surface area (Å²) in [6, 6.07) is 20.6. The Balaban J connectivity index is 1.58. The first-order chi connectivity index (χ1) is 15.9. The monoisotopic (exact) mass is 465 g/mol. The van der Waals surface area contributed by atoms with Crippen LogP contribution in [-0.2, 0) is 11.3 Å². The first-order valence-electron chi connectivity index (χ1n) is 9.77. The molecular formula is C24H17ClFN3O4. The van der Waals surface area contributed by atoms with Crippen LogP contribution in [0.5, 0.6) is 0 Å². The SMILES string of the molecule is O=C(Nc1cc(Cl)cc(-c2cc(C(=O)O)n(-c3ccc(F)cc3)n2)c1)OCc1ccccc1. The van der Waals surface area contributed by atoms with Crippen LogP contribution in [0.3, 0.4) is 0 Å². The van der Waals surface area contributed by atoms with Gasteiger partial charge in [-0.15, -0.1) is 0 Å². The summed E-state index contributed by atoms with van der Waals surface area (Å²) in [6.45, 7) is 0.101. The Hall–Kier alpha value is -4.17. The third kappa shape index (κ3) is 5.36. The smallest absolute Gasteiger partial charge is 0.411 e. The molecule has 0 atom stereocenters. The van der Waals surface area contributed by atoms with Gasteiger partial charge in [-0.1, -0.05) is 41.9 Å². The highest BCUT2D eigenvalue weighted by Gasteiger charge is 2.18. The third-order valence-corrected chi connectivity index (χ3v) is 4.87. The Labute approximate surface area is 193 Å². The summed E-state index contributed by atoms with van der Waals surface area (Å²) in [5.41, 5.74) is 2.23. The van der Waals surface area contributed by atoms with Gasteiger partial charge < -0.3 is 9.84 Å². The number of hydrogen-bond donors (Lipinski definition) is 2. The van der Waals surface area contributed by atoms with Crippen LogP contribution in [0, 0.1) is 5.82 Å². The molecule has 0 saturated heterocycles. The Kier molecular flexibility index (Phi) is 6.37. The van der Waals surface area contributed by atoms with Crippen molar-refractivity contribution in [3.8, 4) is 16.9 Å². The van der Waals surface area contributed by atoms with E-state index in [1.807, 2.05) is 30.3 Å². The normalized spacial score (nSPS) is 10.6. The standard InChI is InChI=1S/C24H17ClFN3O4/c25-17-10-16(11-19(12-17)27-24(32)33-14-15-4-2-1-3-5-15)21-13-22(23(30)31)29(28-21)20-8-6-18(26)7-9-20/h1-13H,14H2,(H,27,32)(H,30,31). The number of benzene rings is 3. The van der Waals surface area contributed by atoms with E-state index in [0.29, 0.717) is 27.7 Å². The van der Waals surface area contributed by atoms with E-state index in [2.05, 4.69) is 10.4 Å². The number of halogens is 2. The molecule has 0 aliphatic rings. The van der Waals surface area contributed by atoms with Crippen molar-refractivity contribution in [1.82, 2.24) is 9.78 Å². The number of nitrogens with one attached hydrogen (secondary N) is 1. The van der Waals surface area contributed by atoms with Gasteiger partial charge in [0.2, 0.25) is 0 Å². The first kappa shape index (κ1) is 22.0. The molecule has 0 spiro atoms. The van der Waals surface area contributed by atoms with Crippen molar-refractivity contribution < 1.29 is 23.8 Å². The molecule has 7 nitrogen and oxygen atoms in total. The summed E-state index contributed by atoms with van der Waals surface area (Å²) in [4.78, 5) is 23.9. The molecule has 0 fully saturated rings. The van der Waals surface area contributed by atoms with Gasteiger partial charge in [-0.25, -0.2) is 18.7 Å². The van der Waals surface area contributed by atoms with Crippen LogP contribution in [0.15, 0.2) is 78.9 Å². The van der Waals surface area contributed by atoms with E-state index in [0.717, 1.165) is 5.56 Å². The molecule has 1 heterocycles. The summed E-state index contributed by atoms with van der Waals surface area (Å²) < 4.78 is 19.7. The quantitative estimate of drug-likeness (QED) is 0.376. The number of hydrogen-bond acceptors (Lipinski definition) is 4. The van der Waals surface area contributed by atoms with Crippen LogP contribution in [0.2, 0.25) is 5.02 Å². The number of aromatic carboxylic acids is 1. The van der Waals surface area contributed by atoms with E-state index in [-0.39, 0.29) is 12.3 Å². The molecular weight excluding hydrogens is 449 g/mol. The van der Waals surface area contributed by atoms with Crippen molar-refractivity contribution in [3.63, 3.8) is 0 Å². The fourth-order valence-corrected chi connectivity index (χ4v) is 3.38. The lowest BCUT2D eigenvalue weighted by molar-refractivity contribution is 0.0687. The van der Waals surface area contributed by atoms with Crippen LogP contribution >= 0.6 is 11.6 Å². The maximum atomic E-state index is 13.3. The van der Waals surface area contributed by atoms with Gasteiger partial charge in [0.25, 0.3) is 0 Å². The number of carbonyl (C=O) groups excluding carboxylic acids is 1. The van der Waals surface area contributed by atoms with Crippen molar-refractivity contribution in [3.05, 3.63) is 101 Å². The van der Waals surface area contributed by atoms with Crippen LogP contribution in [0.25, 0.3) is 16.9 Å². The predicted octanol–water partition coefficient (Wildman–Crippen LogP) is 5.78. The topological polar surface area (TPSA) is 93.5 Å². The van der Waals surface area contributed by atoms with E-state index in [9.17, 15) is 19.1 Å².